The highest BCUT2D eigenvalue weighted by Crippen LogP contribution is 2.66. The number of hydrogen-bond acceptors (Lipinski definition) is 6. The topological polar surface area (TPSA) is 85.2 Å². The van der Waals surface area contributed by atoms with E-state index in [9.17, 15) is 14.8 Å². The fourth-order valence-electron chi connectivity index (χ4n) is 7.69. The van der Waals surface area contributed by atoms with Crippen molar-refractivity contribution in [3.63, 3.8) is 0 Å². The van der Waals surface area contributed by atoms with Gasteiger partial charge in [0, 0.05) is 31.9 Å². The Morgan fingerprint density at radius 2 is 1.90 bits per heavy atom. The third kappa shape index (κ3) is 3.46. The number of fused-ring (bicyclic) bond motifs is 5. The molecule has 4 aliphatic rings. The molecule has 0 amide bonds. The van der Waals surface area contributed by atoms with Crippen LogP contribution >= 0.6 is 0 Å². The van der Waals surface area contributed by atoms with E-state index in [1.54, 1.807) is 6.21 Å². The van der Waals surface area contributed by atoms with E-state index in [1.165, 1.54) is 19.4 Å². The molecule has 0 aromatic heterocycles. The van der Waals surface area contributed by atoms with Crippen LogP contribution in [0.15, 0.2) is 16.8 Å². The van der Waals surface area contributed by atoms with Crippen LogP contribution in [0, 0.1) is 28.6 Å². The van der Waals surface area contributed by atoms with Gasteiger partial charge in [-0.25, -0.2) is 0 Å². The lowest BCUT2D eigenvalue weighted by Crippen LogP contribution is -2.52. The van der Waals surface area contributed by atoms with Gasteiger partial charge >= 0.3 is 11.9 Å². The maximum Gasteiger partial charge on any atom is 0.302 e. The second-order valence-corrected chi connectivity index (χ2v) is 10.2. The summed E-state index contributed by atoms with van der Waals surface area (Å²) in [4.78, 5) is 23.1. The molecule has 0 aromatic rings. The number of rotatable bonds is 4. The van der Waals surface area contributed by atoms with Crippen molar-refractivity contribution in [1.82, 2.24) is 0 Å². The maximum absolute atomic E-state index is 11.7. The molecule has 1 N–H and O–H groups in total. The summed E-state index contributed by atoms with van der Waals surface area (Å²) in [6, 6.07) is 0. The van der Waals surface area contributed by atoms with Gasteiger partial charge in [-0.1, -0.05) is 18.6 Å². The van der Waals surface area contributed by atoms with Crippen LogP contribution < -0.4 is 0 Å². The van der Waals surface area contributed by atoms with Crippen LogP contribution in [0.4, 0.5) is 0 Å². The summed E-state index contributed by atoms with van der Waals surface area (Å²) >= 11 is 0. The number of esters is 2. The Morgan fingerprint density at radius 3 is 2.60 bits per heavy atom. The quantitative estimate of drug-likeness (QED) is 0.237. The van der Waals surface area contributed by atoms with Crippen LogP contribution in [-0.4, -0.2) is 35.6 Å². The van der Waals surface area contributed by atoms with Gasteiger partial charge in [0.25, 0.3) is 0 Å². The van der Waals surface area contributed by atoms with Gasteiger partial charge in [-0.2, -0.15) is 0 Å². The second-order valence-electron chi connectivity index (χ2n) is 10.2. The third-order valence-electron chi connectivity index (χ3n) is 8.87. The zero-order valence-electron chi connectivity index (χ0n) is 18.4. The van der Waals surface area contributed by atoms with E-state index in [2.05, 4.69) is 18.2 Å². The average molecular weight is 418 g/mol. The highest BCUT2D eigenvalue weighted by molar-refractivity contribution is 5.66. The fourth-order valence-corrected chi connectivity index (χ4v) is 7.69. The molecular weight excluding hydrogens is 382 g/mol. The molecule has 0 saturated heterocycles. The molecule has 4 aliphatic carbocycles. The van der Waals surface area contributed by atoms with Crippen molar-refractivity contribution < 1.29 is 24.3 Å². The molecule has 3 saturated carbocycles. The normalized spacial score (nSPS) is 42.6. The minimum atomic E-state index is -0.213. The summed E-state index contributed by atoms with van der Waals surface area (Å²) in [6.07, 6.45) is 12.7. The van der Waals surface area contributed by atoms with Crippen molar-refractivity contribution in [2.24, 2.45) is 33.7 Å². The number of hydrogen-bond donors (Lipinski definition) is 1. The molecule has 30 heavy (non-hydrogen) atoms. The zero-order valence-corrected chi connectivity index (χ0v) is 18.4. The van der Waals surface area contributed by atoms with Crippen LogP contribution in [0.1, 0.15) is 78.6 Å². The molecule has 3 unspecified atom stereocenters. The third-order valence-corrected chi connectivity index (χ3v) is 8.87. The van der Waals surface area contributed by atoms with Crippen LogP contribution in [0.25, 0.3) is 0 Å². The summed E-state index contributed by atoms with van der Waals surface area (Å²) in [5, 5.41) is 12.5. The Balaban J connectivity index is 1.62. The van der Waals surface area contributed by atoms with Gasteiger partial charge in [-0.15, -0.1) is 5.16 Å². The number of nitrogens with zero attached hydrogens (tertiary/aromatic N) is 1. The van der Waals surface area contributed by atoms with Gasteiger partial charge in [0.1, 0.15) is 12.2 Å². The summed E-state index contributed by atoms with van der Waals surface area (Å²) in [5.74, 6) is 1.25. The first-order valence-electron chi connectivity index (χ1n) is 11.5. The molecule has 0 aromatic carbocycles. The highest BCUT2D eigenvalue weighted by atomic mass is 16.5. The number of carbonyl (C=O) groups excluding carboxylic acids is 2. The number of allylic oxidation sites excluding steroid dienone is 1. The van der Waals surface area contributed by atoms with Crippen LogP contribution in [0.2, 0.25) is 0 Å². The molecular formula is C24H35NO5. The van der Waals surface area contributed by atoms with E-state index in [1.807, 2.05) is 0 Å². The molecule has 6 nitrogen and oxygen atoms in total. The summed E-state index contributed by atoms with van der Waals surface area (Å²) in [6.45, 7) is 5.32. The Labute approximate surface area is 179 Å². The SMILES string of the molecule is CC(=O)O[C@H]1CC[C@@]2(C/C=N/O)C(=CCC3C2CC[C@@]2(C)C3CC[C@@H]2OC(C)=O)C1. The van der Waals surface area contributed by atoms with Gasteiger partial charge in [0.05, 0.1) is 0 Å². The van der Waals surface area contributed by atoms with Gasteiger partial charge in [-0.3, -0.25) is 9.59 Å². The summed E-state index contributed by atoms with van der Waals surface area (Å²) < 4.78 is 11.3. The lowest BCUT2D eigenvalue weighted by atomic mass is 9.46. The summed E-state index contributed by atoms with van der Waals surface area (Å²) in [7, 11) is 0. The monoisotopic (exact) mass is 417 g/mol. The van der Waals surface area contributed by atoms with Gasteiger partial charge in [-0.05, 0) is 74.5 Å². The van der Waals surface area contributed by atoms with E-state index in [0.717, 1.165) is 57.8 Å². The zero-order chi connectivity index (χ0) is 21.5. The van der Waals surface area contributed by atoms with E-state index in [-0.39, 0.29) is 35.0 Å². The van der Waals surface area contributed by atoms with Crippen LogP contribution in [-0.2, 0) is 19.1 Å². The fraction of sp³-hybridized carbons (Fsp3) is 0.792. The molecule has 0 bridgehead atoms. The number of oxime groups is 1. The molecule has 166 valence electrons. The number of carbonyl (C=O) groups is 2. The van der Waals surface area contributed by atoms with Crippen molar-refractivity contribution in [1.29, 1.82) is 0 Å². The Bertz CT molecular complexity index is 761. The largest absolute Gasteiger partial charge is 0.462 e. The lowest BCUT2D eigenvalue weighted by Gasteiger charge is -2.58. The predicted octanol–water partition coefficient (Wildman–Crippen LogP) is 4.64. The van der Waals surface area contributed by atoms with Crippen molar-refractivity contribution in [3.8, 4) is 0 Å². The predicted molar refractivity (Wildman–Crippen MR) is 112 cm³/mol. The minimum Gasteiger partial charge on any atom is -0.462 e. The number of ether oxygens (including phenoxy) is 2. The standard InChI is InChI=1S/C24H35NO5/c1-15(26)29-18-8-11-24(12-13-25-28)17(14-18)4-5-19-20-6-7-22(30-16(2)27)23(20,3)10-9-21(19)24/h4,13,18-22,28H,5-12,14H2,1-3H3/b25-13+/t18-,19?,20?,21?,22-,23-,24+/m0/s1. The van der Waals surface area contributed by atoms with Crippen molar-refractivity contribution >= 4 is 18.2 Å². The maximum atomic E-state index is 11.7. The molecule has 7 atom stereocenters. The molecule has 0 heterocycles. The first-order chi connectivity index (χ1) is 14.3. The van der Waals surface area contributed by atoms with Crippen molar-refractivity contribution in [3.05, 3.63) is 11.6 Å². The van der Waals surface area contributed by atoms with E-state index in [4.69, 9.17) is 9.47 Å². The van der Waals surface area contributed by atoms with E-state index in [0.29, 0.717) is 17.8 Å². The molecule has 4 rings (SSSR count). The van der Waals surface area contributed by atoms with Gasteiger partial charge in [0.15, 0.2) is 0 Å². The Morgan fingerprint density at radius 1 is 1.13 bits per heavy atom. The first-order valence-corrected chi connectivity index (χ1v) is 11.5. The average Bonchev–Trinajstić information content (AvgIpc) is 3.01. The Hall–Kier alpha value is -1.85. The van der Waals surface area contributed by atoms with Crippen LogP contribution in [0.3, 0.4) is 0 Å². The minimum absolute atomic E-state index is 0.00730. The molecule has 0 radical (unpaired) electrons. The van der Waals surface area contributed by atoms with Crippen molar-refractivity contribution in [2.75, 3.05) is 0 Å². The highest BCUT2D eigenvalue weighted by Gasteiger charge is 2.60. The lowest BCUT2D eigenvalue weighted by molar-refractivity contribution is -0.157. The molecule has 0 aliphatic heterocycles. The Kier molecular flexibility index (Phi) is 5.71. The van der Waals surface area contributed by atoms with E-state index < -0.39 is 0 Å². The first kappa shape index (κ1) is 21.4. The van der Waals surface area contributed by atoms with E-state index >= 15 is 0 Å². The molecule has 0 spiro atoms. The second kappa shape index (κ2) is 8.01. The molecule has 3 fully saturated rings. The van der Waals surface area contributed by atoms with Crippen LogP contribution in [0.5, 0.6) is 0 Å². The van der Waals surface area contributed by atoms with Gasteiger partial charge in [0.2, 0.25) is 0 Å². The molecule has 6 heteroatoms. The van der Waals surface area contributed by atoms with Crippen molar-refractivity contribution in [2.45, 2.75) is 90.8 Å². The smallest absolute Gasteiger partial charge is 0.302 e. The van der Waals surface area contributed by atoms with Gasteiger partial charge < -0.3 is 14.7 Å². The summed E-state index contributed by atoms with van der Waals surface area (Å²) in [5.41, 5.74) is 1.44.